The van der Waals surface area contributed by atoms with E-state index in [9.17, 15) is 19.2 Å². The Morgan fingerprint density at radius 3 is 2.30 bits per heavy atom. The van der Waals surface area contributed by atoms with Gasteiger partial charge in [0.15, 0.2) is 0 Å². The minimum Gasteiger partial charge on any atom is -0.467 e. The highest BCUT2D eigenvalue weighted by molar-refractivity contribution is 14.1. The minimum absolute atomic E-state index is 0.0750. The Bertz CT molecular complexity index is 579. The van der Waals surface area contributed by atoms with Gasteiger partial charge in [-0.15, -0.1) is 0 Å². The molecule has 9 heteroatoms. The summed E-state index contributed by atoms with van der Waals surface area (Å²) in [6.07, 6.45) is 0.204. The molecule has 0 saturated heterocycles. The molecule has 1 aromatic rings. The number of carbonyl (C=O) groups excluding carboxylic acids is 4. The monoisotopic (exact) mass is 433 g/mol. The Labute approximate surface area is 146 Å². The van der Waals surface area contributed by atoms with Crippen molar-refractivity contribution < 1.29 is 23.9 Å². The molecular weight excluding hydrogens is 417 g/mol. The van der Waals surface area contributed by atoms with Crippen LogP contribution in [0, 0.1) is 0 Å². The molecule has 0 aliphatic heterocycles. The van der Waals surface area contributed by atoms with Crippen molar-refractivity contribution in [1.82, 2.24) is 16.0 Å². The van der Waals surface area contributed by atoms with E-state index in [2.05, 4.69) is 10.1 Å². The Morgan fingerprint density at radius 1 is 1.09 bits per heavy atom. The molecule has 0 fully saturated rings. The second-order valence-corrected chi connectivity index (χ2v) is 5.14. The zero-order valence-corrected chi connectivity index (χ0v) is 14.5. The summed E-state index contributed by atoms with van der Waals surface area (Å²) in [4.78, 5) is 45.9. The van der Waals surface area contributed by atoms with E-state index in [-0.39, 0.29) is 10.8 Å². The predicted octanol–water partition coefficient (Wildman–Crippen LogP) is 0.741. The van der Waals surface area contributed by atoms with Gasteiger partial charge in [-0.3, -0.25) is 15.4 Å². The maximum atomic E-state index is 11.7. The first-order valence-electron chi connectivity index (χ1n) is 6.55. The van der Waals surface area contributed by atoms with Gasteiger partial charge in [0.1, 0.15) is 6.04 Å². The van der Waals surface area contributed by atoms with Crippen LogP contribution in [0.1, 0.15) is 5.56 Å². The van der Waals surface area contributed by atoms with Crippen molar-refractivity contribution in [3.63, 3.8) is 0 Å². The molecule has 5 amide bonds. The number of rotatable bonds is 5. The fourth-order valence-corrected chi connectivity index (χ4v) is 1.86. The van der Waals surface area contributed by atoms with Crippen molar-refractivity contribution in [3.8, 4) is 0 Å². The molecule has 1 unspecified atom stereocenters. The molecule has 1 atom stereocenters. The lowest BCUT2D eigenvalue weighted by Gasteiger charge is -2.16. The van der Waals surface area contributed by atoms with Gasteiger partial charge in [-0.1, -0.05) is 52.9 Å². The summed E-state index contributed by atoms with van der Waals surface area (Å²) >= 11 is 1.77. The smallest absolute Gasteiger partial charge is 0.329 e. The van der Waals surface area contributed by atoms with Crippen LogP contribution in [0.2, 0.25) is 0 Å². The molecule has 124 valence electrons. The maximum Gasteiger partial charge on any atom is 0.329 e. The van der Waals surface area contributed by atoms with Crippen molar-refractivity contribution in [3.05, 3.63) is 35.9 Å². The lowest BCUT2D eigenvalue weighted by atomic mass is 10.1. The van der Waals surface area contributed by atoms with Gasteiger partial charge in [-0.25, -0.2) is 14.4 Å². The van der Waals surface area contributed by atoms with Gasteiger partial charge in [0.2, 0.25) is 5.91 Å². The number of esters is 1. The van der Waals surface area contributed by atoms with Crippen molar-refractivity contribution in [2.45, 2.75) is 12.5 Å². The summed E-state index contributed by atoms with van der Waals surface area (Å²) in [5.74, 6) is -1.18. The van der Waals surface area contributed by atoms with Crippen LogP contribution >= 0.6 is 22.6 Å². The number of hydrogen-bond donors (Lipinski definition) is 3. The Balaban J connectivity index is 2.63. The van der Waals surface area contributed by atoms with Crippen LogP contribution in [-0.4, -0.2) is 41.5 Å². The number of methoxy groups -OCH3 is 1. The third-order valence-corrected chi connectivity index (χ3v) is 3.37. The summed E-state index contributed by atoms with van der Waals surface area (Å²) in [5.41, 5.74) is 0.813. The Morgan fingerprint density at radius 2 is 1.74 bits per heavy atom. The second kappa shape index (κ2) is 9.77. The summed E-state index contributed by atoms with van der Waals surface area (Å²) in [6, 6.07) is 6.17. The number of imide groups is 2. The first-order chi connectivity index (χ1) is 11.0. The topological polar surface area (TPSA) is 114 Å². The third-order valence-electron chi connectivity index (χ3n) is 2.68. The standard InChI is InChI=1S/C14H16IN3O5/c1-23-12(20)10(7-9-5-3-2-4-6-9)16-13(21)18-14(22)17-11(19)8-15/h2-6,10H,7-8H2,1H3,(H3,16,17,18,19,21,22). The maximum absolute atomic E-state index is 11.7. The molecule has 1 rings (SSSR count). The number of benzene rings is 1. The van der Waals surface area contributed by atoms with Gasteiger partial charge in [0.25, 0.3) is 0 Å². The zero-order valence-electron chi connectivity index (χ0n) is 12.3. The Kier molecular flexibility index (Phi) is 8.02. The van der Waals surface area contributed by atoms with E-state index in [0.29, 0.717) is 0 Å². The molecule has 0 spiro atoms. The molecule has 0 aliphatic rings. The highest BCUT2D eigenvalue weighted by atomic mass is 127. The van der Waals surface area contributed by atoms with E-state index in [1.807, 2.05) is 16.7 Å². The van der Waals surface area contributed by atoms with E-state index in [1.165, 1.54) is 7.11 Å². The summed E-state index contributed by atoms with van der Waals surface area (Å²) in [7, 11) is 1.20. The quantitative estimate of drug-likeness (QED) is 0.360. The molecule has 0 aromatic heterocycles. The highest BCUT2D eigenvalue weighted by Gasteiger charge is 2.23. The first-order valence-corrected chi connectivity index (χ1v) is 8.08. The van der Waals surface area contributed by atoms with Gasteiger partial charge in [0.05, 0.1) is 11.5 Å². The lowest BCUT2D eigenvalue weighted by molar-refractivity contribution is -0.142. The summed E-state index contributed by atoms with van der Waals surface area (Å²) < 4.78 is 4.71. The number of carbonyl (C=O) groups is 4. The fourth-order valence-electron chi connectivity index (χ4n) is 1.67. The van der Waals surface area contributed by atoms with Gasteiger partial charge in [-0.2, -0.15) is 0 Å². The lowest BCUT2D eigenvalue weighted by Crippen LogP contribution is -2.52. The number of nitrogens with one attached hydrogen (secondary N) is 3. The van der Waals surface area contributed by atoms with Crippen LogP contribution in [0.4, 0.5) is 9.59 Å². The van der Waals surface area contributed by atoms with Crippen molar-refractivity contribution in [2.75, 3.05) is 11.5 Å². The second-order valence-electron chi connectivity index (χ2n) is 4.37. The van der Waals surface area contributed by atoms with E-state index in [0.717, 1.165) is 5.56 Å². The number of halogens is 1. The average Bonchev–Trinajstić information content (AvgIpc) is 2.54. The van der Waals surface area contributed by atoms with Gasteiger partial charge in [-0.05, 0) is 5.56 Å². The van der Waals surface area contributed by atoms with E-state index in [1.54, 1.807) is 46.9 Å². The number of ether oxygens (including phenoxy) is 1. The fraction of sp³-hybridized carbons (Fsp3) is 0.286. The number of hydrogen-bond acceptors (Lipinski definition) is 5. The molecule has 8 nitrogen and oxygen atoms in total. The molecule has 3 N–H and O–H groups in total. The number of alkyl halides is 1. The Hall–Kier alpha value is -2.17. The van der Waals surface area contributed by atoms with E-state index >= 15 is 0 Å². The van der Waals surface area contributed by atoms with Crippen LogP contribution in [0.15, 0.2) is 30.3 Å². The molecule has 0 aliphatic carbocycles. The molecule has 0 bridgehead atoms. The van der Waals surface area contributed by atoms with Crippen LogP contribution in [0.25, 0.3) is 0 Å². The molecule has 1 aromatic carbocycles. The third kappa shape index (κ3) is 7.08. The van der Waals surface area contributed by atoms with Gasteiger partial charge in [0, 0.05) is 6.42 Å². The normalized spacial score (nSPS) is 11.0. The molecule has 0 heterocycles. The van der Waals surface area contributed by atoms with E-state index < -0.39 is 30.0 Å². The van der Waals surface area contributed by atoms with Crippen LogP contribution < -0.4 is 16.0 Å². The van der Waals surface area contributed by atoms with Crippen LogP contribution in [-0.2, 0) is 20.7 Å². The largest absolute Gasteiger partial charge is 0.467 e. The van der Waals surface area contributed by atoms with Crippen molar-refractivity contribution in [2.24, 2.45) is 0 Å². The van der Waals surface area contributed by atoms with Crippen LogP contribution in [0.5, 0.6) is 0 Å². The highest BCUT2D eigenvalue weighted by Crippen LogP contribution is 2.04. The van der Waals surface area contributed by atoms with Gasteiger partial charge < -0.3 is 10.1 Å². The molecule has 23 heavy (non-hydrogen) atoms. The first kappa shape index (κ1) is 18.9. The van der Waals surface area contributed by atoms with Crippen molar-refractivity contribution >= 4 is 46.5 Å². The minimum atomic E-state index is -0.965. The SMILES string of the molecule is COC(=O)C(Cc1ccccc1)NC(=O)NC(=O)NC(=O)CI. The summed E-state index contributed by atoms with van der Waals surface area (Å²) in [6.45, 7) is 0. The van der Waals surface area contributed by atoms with Crippen LogP contribution in [0.3, 0.4) is 0 Å². The summed E-state index contributed by atoms with van der Waals surface area (Å²) in [5, 5.41) is 6.20. The number of amides is 5. The number of urea groups is 2. The predicted molar refractivity (Wildman–Crippen MR) is 90.0 cm³/mol. The molecular formula is C14H16IN3O5. The van der Waals surface area contributed by atoms with Gasteiger partial charge >= 0.3 is 18.0 Å². The van der Waals surface area contributed by atoms with E-state index in [4.69, 9.17) is 0 Å². The average molecular weight is 433 g/mol. The molecule has 0 radical (unpaired) electrons. The zero-order chi connectivity index (χ0) is 17.2. The molecule has 0 saturated carbocycles. The van der Waals surface area contributed by atoms with Crippen molar-refractivity contribution in [1.29, 1.82) is 0 Å².